The first-order valence-corrected chi connectivity index (χ1v) is 12.6. The Morgan fingerprint density at radius 3 is 2.44 bits per heavy atom. The van der Waals surface area contributed by atoms with E-state index in [1.54, 1.807) is 53.4 Å². The molecule has 0 N–H and O–H groups in total. The molecule has 2 saturated heterocycles. The summed E-state index contributed by atoms with van der Waals surface area (Å²) in [5, 5.41) is 0. The molecular formula is C24H30N2O5S. The normalized spacial score (nSPS) is 20.2. The van der Waals surface area contributed by atoms with Gasteiger partial charge in [-0.25, -0.2) is 8.42 Å². The molecule has 32 heavy (non-hydrogen) atoms. The largest absolute Gasteiger partial charge is 0.491 e. The molecule has 2 aromatic rings. The number of aryl methyl sites for hydroxylation is 1. The second-order valence-corrected chi connectivity index (χ2v) is 10.3. The van der Waals surface area contributed by atoms with Gasteiger partial charge in [0.1, 0.15) is 12.4 Å². The van der Waals surface area contributed by atoms with Gasteiger partial charge in [-0.3, -0.25) is 4.79 Å². The zero-order chi connectivity index (χ0) is 22.6. The molecule has 0 aliphatic carbocycles. The van der Waals surface area contributed by atoms with Crippen LogP contribution >= 0.6 is 0 Å². The summed E-state index contributed by atoms with van der Waals surface area (Å²) in [6.45, 7) is 4.80. The van der Waals surface area contributed by atoms with Gasteiger partial charge in [0.05, 0.1) is 11.0 Å². The number of amides is 1. The highest BCUT2D eigenvalue weighted by Gasteiger charge is 2.28. The number of carbonyl (C=O) groups is 1. The van der Waals surface area contributed by atoms with Crippen molar-refractivity contribution in [3.63, 3.8) is 0 Å². The monoisotopic (exact) mass is 458 g/mol. The van der Waals surface area contributed by atoms with Crippen LogP contribution in [0.4, 0.5) is 0 Å². The highest BCUT2D eigenvalue weighted by atomic mass is 32.2. The lowest BCUT2D eigenvalue weighted by Crippen LogP contribution is -2.37. The summed E-state index contributed by atoms with van der Waals surface area (Å²) >= 11 is 0. The molecule has 2 aliphatic rings. The molecule has 2 aromatic carbocycles. The summed E-state index contributed by atoms with van der Waals surface area (Å²) < 4.78 is 38.8. The van der Waals surface area contributed by atoms with E-state index >= 15 is 0 Å². The summed E-state index contributed by atoms with van der Waals surface area (Å²) in [6, 6.07) is 14.0. The maximum atomic E-state index is 13.0. The first kappa shape index (κ1) is 22.8. The van der Waals surface area contributed by atoms with E-state index in [-0.39, 0.29) is 18.6 Å². The van der Waals surface area contributed by atoms with Crippen molar-refractivity contribution in [2.24, 2.45) is 0 Å². The molecule has 4 rings (SSSR count). The highest BCUT2D eigenvalue weighted by Crippen LogP contribution is 2.20. The highest BCUT2D eigenvalue weighted by molar-refractivity contribution is 7.89. The van der Waals surface area contributed by atoms with Crippen molar-refractivity contribution >= 4 is 15.9 Å². The molecule has 2 aliphatic heterocycles. The Hall–Kier alpha value is -2.42. The van der Waals surface area contributed by atoms with Crippen LogP contribution < -0.4 is 4.74 Å². The minimum absolute atomic E-state index is 0.0924. The fourth-order valence-corrected chi connectivity index (χ4v) is 5.51. The van der Waals surface area contributed by atoms with Gasteiger partial charge in [0, 0.05) is 38.3 Å². The number of rotatable bonds is 6. The Bertz CT molecular complexity index is 1020. The Balaban J connectivity index is 1.35. The predicted molar refractivity (Wildman–Crippen MR) is 121 cm³/mol. The van der Waals surface area contributed by atoms with Gasteiger partial charge in [0.25, 0.3) is 5.91 Å². The third kappa shape index (κ3) is 5.31. The van der Waals surface area contributed by atoms with Crippen LogP contribution in [0.2, 0.25) is 0 Å². The molecule has 1 amide bonds. The minimum atomic E-state index is -3.57. The lowest BCUT2D eigenvalue weighted by molar-refractivity contribution is 0.0678. The smallest absolute Gasteiger partial charge is 0.253 e. The SMILES string of the molecule is Cc1ccc(S(=O)(=O)N2CCCN(C(=O)c3ccc(OC[C@H]4CCCO4)cc3)CC2)cc1. The Labute approximate surface area is 190 Å². The molecular weight excluding hydrogens is 428 g/mol. The van der Waals surface area contributed by atoms with Gasteiger partial charge in [-0.1, -0.05) is 17.7 Å². The molecule has 0 bridgehead atoms. The van der Waals surface area contributed by atoms with Crippen LogP contribution in [0.1, 0.15) is 35.2 Å². The van der Waals surface area contributed by atoms with Crippen LogP contribution in [0.25, 0.3) is 0 Å². The number of carbonyl (C=O) groups excluding carboxylic acids is 1. The second kappa shape index (κ2) is 10.0. The zero-order valence-corrected chi connectivity index (χ0v) is 19.2. The van der Waals surface area contributed by atoms with E-state index in [2.05, 4.69) is 0 Å². The zero-order valence-electron chi connectivity index (χ0n) is 18.4. The van der Waals surface area contributed by atoms with Crippen molar-refractivity contribution in [1.29, 1.82) is 0 Å². The molecule has 2 heterocycles. The fourth-order valence-electron chi connectivity index (χ4n) is 4.04. The number of hydrogen-bond acceptors (Lipinski definition) is 5. The van der Waals surface area contributed by atoms with Gasteiger partial charge >= 0.3 is 0 Å². The molecule has 0 aromatic heterocycles. The molecule has 7 nitrogen and oxygen atoms in total. The van der Waals surface area contributed by atoms with E-state index in [0.29, 0.717) is 48.9 Å². The van der Waals surface area contributed by atoms with Crippen LogP contribution in [-0.2, 0) is 14.8 Å². The van der Waals surface area contributed by atoms with Crippen molar-refractivity contribution in [1.82, 2.24) is 9.21 Å². The van der Waals surface area contributed by atoms with E-state index in [1.807, 2.05) is 6.92 Å². The van der Waals surface area contributed by atoms with Crippen LogP contribution in [0.3, 0.4) is 0 Å². The van der Waals surface area contributed by atoms with E-state index in [0.717, 1.165) is 25.0 Å². The van der Waals surface area contributed by atoms with E-state index < -0.39 is 10.0 Å². The molecule has 172 valence electrons. The standard InChI is InChI=1S/C24H30N2O5S/c1-19-5-11-23(12-6-19)32(28,29)26-14-3-13-25(15-16-26)24(27)20-7-9-21(10-8-20)31-18-22-4-2-17-30-22/h5-12,22H,2-4,13-18H2,1H3/t22-/m1/s1. The van der Waals surface area contributed by atoms with Crippen molar-refractivity contribution in [2.75, 3.05) is 39.4 Å². The van der Waals surface area contributed by atoms with E-state index in [1.165, 1.54) is 4.31 Å². The van der Waals surface area contributed by atoms with E-state index in [4.69, 9.17) is 9.47 Å². The number of benzene rings is 2. The van der Waals surface area contributed by atoms with Gasteiger partial charge in [-0.2, -0.15) is 4.31 Å². The van der Waals surface area contributed by atoms with E-state index in [9.17, 15) is 13.2 Å². The van der Waals surface area contributed by atoms with Crippen molar-refractivity contribution in [3.05, 3.63) is 59.7 Å². The summed E-state index contributed by atoms with van der Waals surface area (Å²) in [7, 11) is -3.57. The van der Waals surface area contributed by atoms with Gasteiger partial charge in [-0.05, 0) is 62.6 Å². The average Bonchev–Trinajstić information content (AvgIpc) is 3.20. The van der Waals surface area contributed by atoms with Gasteiger partial charge < -0.3 is 14.4 Å². The fraction of sp³-hybridized carbons (Fsp3) is 0.458. The van der Waals surface area contributed by atoms with Gasteiger partial charge in [0.15, 0.2) is 0 Å². The Morgan fingerprint density at radius 2 is 1.75 bits per heavy atom. The third-order valence-electron chi connectivity index (χ3n) is 5.96. The molecule has 1 atom stereocenters. The van der Waals surface area contributed by atoms with Crippen molar-refractivity contribution < 1.29 is 22.7 Å². The van der Waals surface area contributed by atoms with Gasteiger partial charge in [-0.15, -0.1) is 0 Å². The number of ether oxygens (including phenoxy) is 2. The predicted octanol–water partition coefficient (Wildman–Crippen LogP) is 3.09. The lowest BCUT2D eigenvalue weighted by atomic mass is 10.2. The van der Waals surface area contributed by atoms with Gasteiger partial charge in [0.2, 0.25) is 10.0 Å². The third-order valence-corrected chi connectivity index (χ3v) is 7.87. The summed E-state index contributed by atoms with van der Waals surface area (Å²) in [4.78, 5) is 15.0. The Kier molecular flexibility index (Phi) is 7.13. The first-order valence-electron chi connectivity index (χ1n) is 11.1. The van der Waals surface area contributed by atoms with Crippen molar-refractivity contribution in [2.45, 2.75) is 37.2 Å². The molecule has 0 unspecified atom stereocenters. The average molecular weight is 459 g/mol. The number of hydrogen-bond donors (Lipinski definition) is 0. The molecule has 0 spiro atoms. The Morgan fingerprint density at radius 1 is 1.00 bits per heavy atom. The summed E-state index contributed by atoms with van der Waals surface area (Å²) in [5.74, 6) is 0.619. The second-order valence-electron chi connectivity index (χ2n) is 8.33. The van der Waals surface area contributed by atoms with Crippen LogP contribution in [0.15, 0.2) is 53.4 Å². The molecule has 8 heteroatoms. The molecule has 2 fully saturated rings. The number of nitrogens with zero attached hydrogens (tertiary/aromatic N) is 2. The minimum Gasteiger partial charge on any atom is -0.491 e. The van der Waals surface area contributed by atoms with Crippen LogP contribution in [0, 0.1) is 6.92 Å². The molecule has 0 radical (unpaired) electrons. The van der Waals surface area contributed by atoms with Crippen LogP contribution in [0.5, 0.6) is 5.75 Å². The summed E-state index contributed by atoms with van der Waals surface area (Å²) in [5.41, 5.74) is 1.59. The molecule has 0 saturated carbocycles. The maximum absolute atomic E-state index is 13.0. The van der Waals surface area contributed by atoms with Crippen molar-refractivity contribution in [3.8, 4) is 5.75 Å². The summed E-state index contributed by atoms with van der Waals surface area (Å²) in [6.07, 6.45) is 2.83. The lowest BCUT2D eigenvalue weighted by Gasteiger charge is -2.22. The van der Waals surface area contributed by atoms with Crippen LogP contribution in [-0.4, -0.2) is 69.0 Å². The first-order chi connectivity index (χ1) is 15.4. The maximum Gasteiger partial charge on any atom is 0.253 e. The quantitative estimate of drug-likeness (QED) is 0.665. The number of sulfonamides is 1. The topological polar surface area (TPSA) is 76.2 Å².